The van der Waals surface area contributed by atoms with Gasteiger partial charge in [0.05, 0.1) is 6.20 Å². The van der Waals surface area contributed by atoms with Gasteiger partial charge < -0.3 is 14.8 Å². The fourth-order valence-corrected chi connectivity index (χ4v) is 2.92. The van der Waals surface area contributed by atoms with E-state index in [9.17, 15) is 4.79 Å². The van der Waals surface area contributed by atoms with Crippen molar-refractivity contribution in [2.24, 2.45) is 7.05 Å². The lowest BCUT2D eigenvalue weighted by molar-refractivity contribution is 0.207. The van der Waals surface area contributed by atoms with Crippen LogP contribution in [0.3, 0.4) is 0 Å². The van der Waals surface area contributed by atoms with E-state index in [0.717, 1.165) is 19.4 Å². The maximum atomic E-state index is 12.2. The fourth-order valence-electron chi connectivity index (χ4n) is 2.92. The highest BCUT2D eigenvalue weighted by Crippen LogP contribution is 2.14. The average Bonchev–Trinajstić information content (AvgIpc) is 3.22. The van der Waals surface area contributed by atoms with Crippen molar-refractivity contribution in [3.8, 4) is 0 Å². The number of rotatable bonds is 7. The van der Waals surface area contributed by atoms with E-state index >= 15 is 0 Å². The predicted octanol–water partition coefficient (Wildman–Crippen LogP) is 2.65. The molecular weight excluding hydrogens is 314 g/mol. The number of amides is 2. The summed E-state index contributed by atoms with van der Waals surface area (Å²) in [7, 11) is 3.75. The number of para-hydroxylation sites is 1. The predicted molar refractivity (Wildman–Crippen MR) is 99.5 cm³/mol. The SMILES string of the molecule is CN(CCn1ccc2ccccc21)C(=O)NCCCc1cnn(C)c1. The number of aromatic nitrogens is 3. The molecule has 0 bridgehead atoms. The van der Waals surface area contributed by atoms with Gasteiger partial charge in [-0.1, -0.05) is 18.2 Å². The van der Waals surface area contributed by atoms with Crippen molar-refractivity contribution >= 4 is 16.9 Å². The molecule has 6 nitrogen and oxygen atoms in total. The minimum Gasteiger partial charge on any atom is -0.346 e. The van der Waals surface area contributed by atoms with Crippen LogP contribution in [0, 0.1) is 0 Å². The van der Waals surface area contributed by atoms with Gasteiger partial charge in [0, 0.05) is 51.6 Å². The third kappa shape index (κ3) is 4.41. The van der Waals surface area contributed by atoms with Crippen LogP contribution in [0.5, 0.6) is 0 Å². The quantitative estimate of drug-likeness (QED) is 0.673. The summed E-state index contributed by atoms with van der Waals surface area (Å²) in [4.78, 5) is 13.9. The van der Waals surface area contributed by atoms with Gasteiger partial charge >= 0.3 is 6.03 Å². The number of carbonyl (C=O) groups is 1. The summed E-state index contributed by atoms with van der Waals surface area (Å²) in [6.45, 7) is 2.13. The normalized spacial score (nSPS) is 11.0. The van der Waals surface area contributed by atoms with E-state index in [-0.39, 0.29) is 6.03 Å². The van der Waals surface area contributed by atoms with Crippen LogP contribution in [0.25, 0.3) is 10.9 Å². The molecule has 0 atom stereocenters. The van der Waals surface area contributed by atoms with Crippen molar-refractivity contribution in [3.63, 3.8) is 0 Å². The van der Waals surface area contributed by atoms with Crippen molar-refractivity contribution < 1.29 is 4.79 Å². The minimum atomic E-state index is -0.0253. The molecule has 0 aliphatic heterocycles. The van der Waals surface area contributed by atoms with Gasteiger partial charge in [0.15, 0.2) is 0 Å². The van der Waals surface area contributed by atoms with Crippen LogP contribution in [0.1, 0.15) is 12.0 Å². The Kier molecular flexibility index (Phi) is 5.38. The molecule has 6 heteroatoms. The number of urea groups is 1. The molecule has 0 saturated carbocycles. The molecule has 2 amide bonds. The van der Waals surface area contributed by atoms with E-state index in [1.807, 2.05) is 38.6 Å². The van der Waals surface area contributed by atoms with Gasteiger partial charge in [0.1, 0.15) is 0 Å². The number of likely N-dealkylation sites (N-methyl/N-ethyl adjacent to an activating group) is 1. The maximum absolute atomic E-state index is 12.2. The summed E-state index contributed by atoms with van der Waals surface area (Å²) in [6.07, 6.45) is 7.79. The first kappa shape index (κ1) is 17.1. The van der Waals surface area contributed by atoms with Gasteiger partial charge in [-0.25, -0.2) is 4.79 Å². The Morgan fingerprint density at radius 3 is 2.92 bits per heavy atom. The molecule has 25 heavy (non-hydrogen) atoms. The van der Waals surface area contributed by atoms with Gasteiger partial charge in [0.2, 0.25) is 0 Å². The Morgan fingerprint density at radius 1 is 1.28 bits per heavy atom. The molecule has 0 saturated heterocycles. The number of carbonyl (C=O) groups excluding carboxylic acids is 1. The Balaban J connectivity index is 1.40. The number of hydrogen-bond donors (Lipinski definition) is 1. The Bertz CT molecular complexity index is 835. The van der Waals surface area contributed by atoms with Crippen molar-refractivity contribution in [2.75, 3.05) is 20.1 Å². The van der Waals surface area contributed by atoms with Crippen molar-refractivity contribution in [1.82, 2.24) is 24.6 Å². The van der Waals surface area contributed by atoms with Gasteiger partial charge in [-0.05, 0) is 35.9 Å². The zero-order valence-corrected chi connectivity index (χ0v) is 14.9. The summed E-state index contributed by atoms with van der Waals surface area (Å²) in [5.74, 6) is 0. The molecule has 1 N–H and O–H groups in total. The molecule has 0 aliphatic carbocycles. The Labute approximate surface area is 148 Å². The summed E-state index contributed by atoms with van der Waals surface area (Å²) in [6, 6.07) is 10.4. The van der Waals surface area contributed by atoms with Crippen molar-refractivity contribution in [2.45, 2.75) is 19.4 Å². The van der Waals surface area contributed by atoms with E-state index in [1.165, 1.54) is 16.5 Å². The molecule has 3 aromatic rings. The molecule has 3 rings (SSSR count). The number of nitrogens with one attached hydrogen (secondary N) is 1. The van der Waals surface area contributed by atoms with Crippen LogP contribution in [-0.2, 0) is 20.0 Å². The highest BCUT2D eigenvalue weighted by Gasteiger charge is 2.08. The molecule has 0 aliphatic rings. The maximum Gasteiger partial charge on any atom is 0.317 e. The molecule has 132 valence electrons. The lowest BCUT2D eigenvalue weighted by atomic mass is 10.2. The van der Waals surface area contributed by atoms with Crippen LogP contribution in [0.4, 0.5) is 4.79 Å². The largest absolute Gasteiger partial charge is 0.346 e. The summed E-state index contributed by atoms with van der Waals surface area (Å²) >= 11 is 0. The first-order valence-electron chi connectivity index (χ1n) is 8.64. The fraction of sp³-hybridized carbons (Fsp3) is 0.368. The second kappa shape index (κ2) is 7.88. The molecule has 1 aromatic carbocycles. The van der Waals surface area contributed by atoms with Crippen molar-refractivity contribution in [1.29, 1.82) is 0 Å². The van der Waals surface area contributed by atoms with E-state index in [2.05, 4.69) is 39.4 Å². The molecule has 0 radical (unpaired) electrons. The summed E-state index contributed by atoms with van der Waals surface area (Å²) < 4.78 is 3.98. The third-order valence-electron chi connectivity index (χ3n) is 4.38. The monoisotopic (exact) mass is 339 g/mol. The van der Waals surface area contributed by atoms with E-state index in [1.54, 1.807) is 9.58 Å². The number of benzene rings is 1. The first-order valence-corrected chi connectivity index (χ1v) is 8.64. The molecular formula is C19H25N5O. The van der Waals surface area contributed by atoms with E-state index in [4.69, 9.17) is 0 Å². The standard InChI is InChI=1S/C19H25N5O/c1-22(12-13-24-11-9-17-7-3-4-8-18(17)24)19(25)20-10-5-6-16-14-21-23(2)15-16/h3-4,7-9,11,14-15H,5-6,10,12-13H2,1-2H3,(H,20,25). The molecule has 0 unspecified atom stereocenters. The van der Waals surface area contributed by atoms with Gasteiger partial charge in [-0.15, -0.1) is 0 Å². The molecule has 0 fully saturated rings. The Hall–Kier alpha value is -2.76. The lowest BCUT2D eigenvalue weighted by Gasteiger charge is -2.18. The van der Waals surface area contributed by atoms with E-state index < -0.39 is 0 Å². The number of fused-ring (bicyclic) bond motifs is 1. The topological polar surface area (TPSA) is 55.1 Å². The van der Waals surface area contributed by atoms with Gasteiger partial charge in [0.25, 0.3) is 0 Å². The van der Waals surface area contributed by atoms with Crippen molar-refractivity contribution in [3.05, 3.63) is 54.5 Å². The van der Waals surface area contributed by atoms with Crippen LogP contribution in [-0.4, -0.2) is 45.4 Å². The minimum absolute atomic E-state index is 0.0253. The Morgan fingerprint density at radius 2 is 2.12 bits per heavy atom. The number of nitrogens with zero attached hydrogens (tertiary/aromatic N) is 4. The van der Waals surface area contributed by atoms with Crippen LogP contribution < -0.4 is 5.32 Å². The zero-order chi connectivity index (χ0) is 17.6. The molecule has 2 heterocycles. The summed E-state index contributed by atoms with van der Waals surface area (Å²) in [5, 5.41) is 8.35. The summed E-state index contributed by atoms with van der Waals surface area (Å²) in [5.41, 5.74) is 2.40. The highest BCUT2D eigenvalue weighted by molar-refractivity contribution is 5.80. The lowest BCUT2D eigenvalue weighted by Crippen LogP contribution is -2.39. The van der Waals surface area contributed by atoms with Crippen LogP contribution in [0.15, 0.2) is 48.9 Å². The van der Waals surface area contributed by atoms with E-state index in [0.29, 0.717) is 13.1 Å². The first-order chi connectivity index (χ1) is 12.1. The third-order valence-corrected chi connectivity index (χ3v) is 4.38. The smallest absolute Gasteiger partial charge is 0.317 e. The molecule has 2 aromatic heterocycles. The van der Waals surface area contributed by atoms with Gasteiger partial charge in [-0.3, -0.25) is 4.68 Å². The number of aryl methyl sites for hydroxylation is 2. The average molecular weight is 339 g/mol. The van der Waals surface area contributed by atoms with Crippen LogP contribution >= 0.6 is 0 Å². The zero-order valence-electron chi connectivity index (χ0n) is 14.9. The molecule has 0 spiro atoms. The van der Waals surface area contributed by atoms with Gasteiger partial charge in [-0.2, -0.15) is 5.10 Å². The second-order valence-electron chi connectivity index (χ2n) is 6.35. The number of hydrogen-bond acceptors (Lipinski definition) is 2. The highest BCUT2D eigenvalue weighted by atomic mass is 16.2. The van der Waals surface area contributed by atoms with Crippen LogP contribution in [0.2, 0.25) is 0 Å². The second-order valence-corrected chi connectivity index (χ2v) is 6.35.